The molecule has 4 heterocycles. The average Bonchev–Trinajstić information content (AvgIpc) is 0.794. The van der Waals surface area contributed by atoms with Crippen LogP contribution in [0.25, 0.3) is 134 Å². The highest BCUT2D eigenvalue weighted by Gasteiger charge is 2.20. The Bertz CT molecular complexity index is 5760. The Morgan fingerprint density at radius 3 is 0.621 bits per heavy atom. The molecule has 0 amide bonds. The molecule has 0 unspecified atom stereocenters. The van der Waals surface area contributed by atoms with E-state index in [0.717, 1.165) is 167 Å². The van der Waals surface area contributed by atoms with Gasteiger partial charge in [-0.3, -0.25) is 0 Å². The van der Waals surface area contributed by atoms with E-state index >= 15 is 0 Å². The van der Waals surface area contributed by atoms with Crippen LogP contribution in [0.15, 0.2) is 381 Å². The van der Waals surface area contributed by atoms with Crippen LogP contribution in [0.3, 0.4) is 0 Å². The van der Waals surface area contributed by atoms with Crippen LogP contribution >= 0.6 is 15.9 Å². The van der Waals surface area contributed by atoms with E-state index in [9.17, 15) is 0 Å². The quantitative estimate of drug-likeness (QED) is 0.120. The van der Waals surface area contributed by atoms with Crippen molar-refractivity contribution in [3.8, 4) is 90.1 Å². The number of anilines is 5. The van der Waals surface area contributed by atoms with E-state index in [1.165, 1.54) is 0 Å². The van der Waals surface area contributed by atoms with Crippen molar-refractivity contribution in [2.75, 3.05) is 10.2 Å². The van der Waals surface area contributed by atoms with Crippen molar-refractivity contribution < 1.29 is 0 Å². The van der Waals surface area contributed by atoms with Gasteiger partial charge in [0.05, 0.1) is 89.7 Å². The van der Waals surface area contributed by atoms with Crippen LogP contribution in [0, 0.1) is 0 Å². The van der Waals surface area contributed by atoms with Crippen molar-refractivity contribution >= 4 is 88.5 Å². The number of benzene rings is 14. The molecule has 0 saturated carbocycles. The molecule has 11 heteroatoms. The number of nitrogens with one attached hydrogen (secondary N) is 1. The maximum atomic E-state index is 5.11. The first kappa shape index (κ1) is 64.2. The summed E-state index contributed by atoms with van der Waals surface area (Å²) in [6.07, 6.45) is 0. The topological polar surface area (TPSA) is 118 Å². The zero-order valence-corrected chi connectivity index (χ0v) is 57.3. The molecule has 0 spiro atoms. The van der Waals surface area contributed by atoms with Crippen LogP contribution < -0.4 is 10.2 Å². The molecule has 14 aromatic carbocycles. The standard InChI is InChI=1S/C46H31N5.C26H19N3.C20H13BrN2/c1-4-14-32(15-5-1)43-45(49-41-22-12-10-20-39(41)47-43)34-24-28-37(29-25-34)51(36-18-8-3-9-19-36)38-30-26-35(27-31-38)46-44(33-16-6-2-7-17-33)48-40-21-11-13-23-42(40)50-46;1-3-9-19(10-4-1)25-26(29-24-14-8-7-13-23(24)28-25)20-15-17-22(18-16-20)27-21-11-5-2-6-12-21;21-16-12-10-15(11-13-16)20-19(14-6-2-1-3-7-14)22-17-8-4-5-9-18(17)23-20/h1-31H;1-18,27H;1-13H. The molecule has 18 aromatic rings. The second-order valence-corrected chi connectivity index (χ2v) is 25.4. The van der Waals surface area contributed by atoms with E-state index < -0.39 is 0 Å². The van der Waals surface area contributed by atoms with Gasteiger partial charge in [-0.1, -0.05) is 271 Å². The number of hydrogen-bond acceptors (Lipinski definition) is 10. The van der Waals surface area contributed by atoms with E-state index in [1.807, 2.05) is 206 Å². The second kappa shape index (κ2) is 29.9. The van der Waals surface area contributed by atoms with Crippen molar-refractivity contribution in [3.05, 3.63) is 381 Å². The monoisotopic (exact) mass is 1390 g/mol. The van der Waals surface area contributed by atoms with E-state index in [1.54, 1.807) is 0 Å². The molecule has 1 N–H and O–H groups in total. The number of fused-ring (bicyclic) bond motifs is 4. The second-order valence-electron chi connectivity index (χ2n) is 24.4. The number of halogens is 1. The number of hydrogen-bond donors (Lipinski definition) is 1. The highest BCUT2D eigenvalue weighted by Crippen LogP contribution is 2.41. The molecule has 4 aromatic heterocycles. The molecule has 0 aliphatic heterocycles. The molecule has 0 saturated heterocycles. The molecule has 0 aliphatic rings. The summed E-state index contributed by atoms with van der Waals surface area (Å²) >= 11 is 3.49. The number of para-hydroxylation sites is 10. The van der Waals surface area contributed by atoms with Crippen molar-refractivity contribution in [1.82, 2.24) is 39.9 Å². The predicted molar refractivity (Wildman–Crippen MR) is 427 cm³/mol. The first-order valence-corrected chi connectivity index (χ1v) is 34.8. The van der Waals surface area contributed by atoms with E-state index in [4.69, 9.17) is 39.9 Å². The van der Waals surface area contributed by atoms with Crippen molar-refractivity contribution in [1.29, 1.82) is 0 Å². The Morgan fingerprint density at radius 2 is 0.359 bits per heavy atom. The minimum atomic E-state index is 0.854. The van der Waals surface area contributed by atoms with Gasteiger partial charge in [-0.25, -0.2) is 39.9 Å². The van der Waals surface area contributed by atoms with Gasteiger partial charge in [-0.2, -0.15) is 0 Å². The summed E-state index contributed by atoms with van der Waals surface area (Å²) in [6, 6.07) is 127. The zero-order chi connectivity index (χ0) is 69.1. The highest BCUT2D eigenvalue weighted by atomic mass is 79.9. The molecule has 0 atom stereocenters. The lowest BCUT2D eigenvalue weighted by Gasteiger charge is -2.26. The molecule has 0 bridgehead atoms. The van der Waals surface area contributed by atoms with Crippen LogP contribution in [0.4, 0.5) is 28.4 Å². The molecule has 18 rings (SSSR count). The summed E-state index contributed by atoms with van der Waals surface area (Å²) in [5, 5.41) is 3.42. The van der Waals surface area contributed by atoms with Gasteiger partial charge in [0.2, 0.25) is 0 Å². The summed E-state index contributed by atoms with van der Waals surface area (Å²) < 4.78 is 1.05. The lowest BCUT2D eigenvalue weighted by molar-refractivity contribution is 1.26. The Hall–Kier alpha value is -13.5. The zero-order valence-electron chi connectivity index (χ0n) is 55.7. The Balaban J connectivity index is 0.000000132. The number of nitrogens with zero attached hydrogens (tertiary/aromatic N) is 9. The Labute approximate surface area is 605 Å². The molecule has 0 radical (unpaired) electrons. The van der Waals surface area contributed by atoms with Crippen molar-refractivity contribution in [2.24, 2.45) is 0 Å². The average molecular weight is 1390 g/mol. The van der Waals surface area contributed by atoms with E-state index in [-0.39, 0.29) is 0 Å². The fraction of sp³-hybridized carbons (Fsp3) is 0. The largest absolute Gasteiger partial charge is 0.356 e. The molecular weight excluding hydrogens is 1320 g/mol. The summed E-state index contributed by atoms with van der Waals surface area (Å²) in [5.74, 6) is 0. The SMILES string of the molecule is Brc1ccc(-c2nc3ccccc3nc2-c2ccccc2)cc1.c1ccc(-c2nc3ccccc3nc2-c2ccc(N(c3ccccc3)c3ccc(-c4nc5ccccc5nc4-c4ccccc4)cc3)cc2)cc1.c1ccc(Nc2ccc(-c3nc4ccccc4nc3-c3ccccc3)cc2)cc1. The fourth-order valence-corrected chi connectivity index (χ4v) is 12.8. The Kier molecular flexibility index (Phi) is 18.7. The van der Waals surface area contributed by atoms with Gasteiger partial charge in [-0.15, -0.1) is 0 Å². The molecule has 10 nitrogen and oxygen atoms in total. The summed E-state index contributed by atoms with van der Waals surface area (Å²) in [4.78, 5) is 42.3. The lowest BCUT2D eigenvalue weighted by atomic mass is 10.0. The van der Waals surface area contributed by atoms with Gasteiger partial charge in [0.25, 0.3) is 0 Å². The normalized spacial score (nSPS) is 11.0. The minimum Gasteiger partial charge on any atom is -0.356 e. The van der Waals surface area contributed by atoms with Gasteiger partial charge >= 0.3 is 0 Å². The third-order valence-electron chi connectivity index (χ3n) is 17.6. The summed E-state index contributed by atoms with van der Waals surface area (Å²) in [5.41, 5.74) is 27.7. The number of rotatable bonds is 13. The lowest BCUT2D eigenvalue weighted by Crippen LogP contribution is -2.09. The van der Waals surface area contributed by atoms with Gasteiger partial charge in [0.1, 0.15) is 0 Å². The van der Waals surface area contributed by atoms with E-state index in [0.29, 0.717) is 0 Å². The van der Waals surface area contributed by atoms with Crippen molar-refractivity contribution in [2.45, 2.75) is 0 Å². The minimum absolute atomic E-state index is 0.854. The fourth-order valence-electron chi connectivity index (χ4n) is 12.6. The van der Waals surface area contributed by atoms with Crippen LogP contribution in [-0.2, 0) is 0 Å². The molecule has 103 heavy (non-hydrogen) atoms. The van der Waals surface area contributed by atoms with Crippen LogP contribution in [-0.4, -0.2) is 39.9 Å². The van der Waals surface area contributed by atoms with Crippen LogP contribution in [0.5, 0.6) is 0 Å². The van der Waals surface area contributed by atoms with Crippen molar-refractivity contribution in [3.63, 3.8) is 0 Å². The molecule has 0 aliphatic carbocycles. The van der Waals surface area contributed by atoms with Gasteiger partial charge in [0, 0.05) is 77.4 Å². The summed E-state index contributed by atoms with van der Waals surface area (Å²) in [6.45, 7) is 0. The molecule has 0 fully saturated rings. The first-order valence-electron chi connectivity index (χ1n) is 34.0. The van der Waals surface area contributed by atoms with Crippen LogP contribution in [0.1, 0.15) is 0 Å². The smallest absolute Gasteiger partial charge is 0.0973 e. The summed E-state index contributed by atoms with van der Waals surface area (Å²) in [7, 11) is 0. The third-order valence-corrected chi connectivity index (χ3v) is 18.2. The highest BCUT2D eigenvalue weighted by molar-refractivity contribution is 9.10. The first-order chi connectivity index (χ1) is 51.0. The predicted octanol–water partition coefficient (Wildman–Crippen LogP) is 24.1. The Morgan fingerprint density at radius 1 is 0.175 bits per heavy atom. The number of aromatic nitrogens is 8. The van der Waals surface area contributed by atoms with Gasteiger partial charge in [-0.05, 0) is 121 Å². The maximum absolute atomic E-state index is 5.11. The van der Waals surface area contributed by atoms with Crippen LogP contribution in [0.2, 0.25) is 0 Å². The van der Waals surface area contributed by atoms with Gasteiger partial charge in [0.15, 0.2) is 0 Å². The van der Waals surface area contributed by atoms with Gasteiger partial charge < -0.3 is 10.2 Å². The molecule has 488 valence electrons. The third kappa shape index (κ3) is 14.4. The molecular formula is C92H63BrN10. The van der Waals surface area contributed by atoms with E-state index in [2.05, 4.69) is 196 Å². The maximum Gasteiger partial charge on any atom is 0.0973 e.